The number of nitrogens with one attached hydrogen (secondary N) is 1. The van der Waals surface area contributed by atoms with Crippen LogP contribution >= 0.6 is 0 Å². The van der Waals surface area contributed by atoms with Gasteiger partial charge < -0.3 is 14.5 Å². The summed E-state index contributed by atoms with van der Waals surface area (Å²) in [6, 6.07) is 12.0. The van der Waals surface area contributed by atoms with E-state index in [4.69, 9.17) is 9.15 Å². The van der Waals surface area contributed by atoms with Crippen LogP contribution in [0.5, 0.6) is 5.75 Å². The van der Waals surface area contributed by atoms with Crippen molar-refractivity contribution < 1.29 is 9.15 Å². The largest absolute Gasteiger partial charge is 0.497 e. The van der Waals surface area contributed by atoms with E-state index in [2.05, 4.69) is 5.32 Å². The van der Waals surface area contributed by atoms with Crippen LogP contribution in [0.4, 0.5) is 0 Å². The van der Waals surface area contributed by atoms with E-state index < -0.39 is 0 Å². The quantitative estimate of drug-likeness (QED) is 0.878. The van der Waals surface area contributed by atoms with Gasteiger partial charge in [-0.05, 0) is 43.8 Å². The Kier molecular flexibility index (Phi) is 3.49. The molecule has 1 heterocycles. The molecule has 2 aromatic rings. The summed E-state index contributed by atoms with van der Waals surface area (Å²) in [5.41, 5.74) is 1.16. The van der Waals surface area contributed by atoms with Crippen LogP contribution in [0.2, 0.25) is 0 Å². The van der Waals surface area contributed by atoms with E-state index in [1.54, 1.807) is 7.11 Å². The van der Waals surface area contributed by atoms with Gasteiger partial charge in [-0.25, -0.2) is 0 Å². The molecule has 0 aliphatic carbocycles. The molecular weight excluding hydrogens is 214 g/mol. The van der Waals surface area contributed by atoms with Crippen molar-refractivity contribution in [2.75, 3.05) is 14.2 Å². The fraction of sp³-hybridized carbons (Fsp3) is 0.286. The zero-order valence-electron chi connectivity index (χ0n) is 10.4. The Morgan fingerprint density at radius 2 is 1.82 bits per heavy atom. The van der Waals surface area contributed by atoms with Gasteiger partial charge in [-0.3, -0.25) is 0 Å². The Labute approximate surface area is 101 Å². The highest BCUT2D eigenvalue weighted by Crippen LogP contribution is 2.25. The Bertz CT molecular complexity index is 473. The van der Waals surface area contributed by atoms with Gasteiger partial charge in [0, 0.05) is 0 Å². The Morgan fingerprint density at radius 3 is 2.29 bits per heavy atom. The summed E-state index contributed by atoms with van der Waals surface area (Å²) < 4.78 is 10.8. The number of aryl methyl sites for hydroxylation is 1. The summed E-state index contributed by atoms with van der Waals surface area (Å²) in [4.78, 5) is 0. The maximum Gasteiger partial charge on any atom is 0.125 e. The fourth-order valence-electron chi connectivity index (χ4n) is 1.88. The normalized spacial score (nSPS) is 12.4. The first-order valence-corrected chi connectivity index (χ1v) is 5.62. The summed E-state index contributed by atoms with van der Waals surface area (Å²) >= 11 is 0. The van der Waals surface area contributed by atoms with Crippen LogP contribution < -0.4 is 10.1 Å². The molecule has 2 rings (SSSR count). The van der Waals surface area contributed by atoms with E-state index in [1.165, 1.54) is 0 Å². The van der Waals surface area contributed by atoms with Crippen molar-refractivity contribution in [1.82, 2.24) is 5.32 Å². The van der Waals surface area contributed by atoms with Crippen LogP contribution in [0.15, 0.2) is 40.8 Å². The molecule has 0 aliphatic heterocycles. The van der Waals surface area contributed by atoms with Gasteiger partial charge in [-0.15, -0.1) is 0 Å². The summed E-state index contributed by atoms with van der Waals surface area (Å²) in [5.74, 6) is 2.71. The van der Waals surface area contributed by atoms with Crippen LogP contribution in [0.3, 0.4) is 0 Å². The molecule has 17 heavy (non-hydrogen) atoms. The minimum Gasteiger partial charge on any atom is -0.497 e. The van der Waals surface area contributed by atoms with Crippen LogP contribution in [0, 0.1) is 6.92 Å². The van der Waals surface area contributed by atoms with Gasteiger partial charge in [0.2, 0.25) is 0 Å². The second kappa shape index (κ2) is 5.06. The third-order valence-electron chi connectivity index (χ3n) is 2.78. The molecule has 0 bridgehead atoms. The molecule has 3 heteroatoms. The molecule has 1 aromatic heterocycles. The van der Waals surface area contributed by atoms with E-state index in [0.717, 1.165) is 22.8 Å². The van der Waals surface area contributed by atoms with Crippen molar-refractivity contribution >= 4 is 0 Å². The molecule has 3 nitrogen and oxygen atoms in total. The van der Waals surface area contributed by atoms with Crippen LogP contribution in [-0.4, -0.2) is 14.2 Å². The molecule has 1 unspecified atom stereocenters. The molecule has 0 fully saturated rings. The van der Waals surface area contributed by atoms with E-state index >= 15 is 0 Å². The van der Waals surface area contributed by atoms with Gasteiger partial charge in [0.25, 0.3) is 0 Å². The molecule has 1 atom stereocenters. The number of furan rings is 1. The lowest BCUT2D eigenvalue weighted by molar-refractivity contribution is 0.413. The predicted molar refractivity (Wildman–Crippen MR) is 67.3 cm³/mol. The molecule has 0 spiro atoms. The molecule has 0 saturated carbocycles. The summed E-state index contributed by atoms with van der Waals surface area (Å²) in [5, 5.41) is 3.25. The summed E-state index contributed by atoms with van der Waals surface area (Å²) in [7, 11) is 3.59. The van der Waals surface area contributed by atoms with E-state index in [1.807, 2.05) is 50.4 Å². The third-order valence-corrected chi connectivity index (χ3v) is 2.78. The van der Waals surface area contributed by atoms with Crippen molar-refractivity contribution in [2.24, 2.45) is 0 Å². The van der Waals surface area contributed by atoms with Gasteiger partial charge in [0.15, 0.2) is 0 Å². The SMILES string of the molecule is CNC(c1ccc(OC)cc1)c1ccc(C)o1. The lowest BCUT2D eigenvalue weighted by Crippen LogP contribution is -2.16. The van der Waals surface area contributed by atoms with Crippen molar-refractivity contribution in [3.63, 3.8) is 0 Å². The van der Waals surface area contributed by atoms with Crippen molar-refractivity contribution in [2.45, 2.75) is 13.0 Å². The third kappa shape index (κ3) is 2.50. The van der Waals surface area contributed by atoms with Gasteiger partial charge in [-0.2, -0.15) is 0 Å². The van der Waals surface area contributed by atoms with Gasteiger partial charge in [0.05, 0.1) is 13.2 Å². The first-order chi connectivity index (χ1) is 8.24. The number of hydrogen-bond donors (Lipinski definition) is 1. The summed E-state index contributed by atoms with van der Waals surface area (Å²) in [6.07, 6.45) is 0. The van der Waals surface area contributed by atoms with Gasteiger partial charge >= 0.3 is 0 Å². The Hall–Kier alpha value is -1.74. The van der Waals surface area contributed by atoms with Crippen molar-refractivity contribution in [3.8, 4) is 5.75 Å². The minimum atomic E-state index is 0.0783. The Morgan fingerprint density at radius 1 is 1.12 bits per heavy atom. The molecule has 90 valence electrons. The number of rotatable bonds is 4. The monoisotopic (exact) mass is 231 g/mol. The van der Waals surface area contributed by atoms with Crippen molar-refractivity contribution in [1.29, 1.82) is 0 Å². The molecule has 0 aliphatic rings. The first-order valence-electron chi connectivity index (χ1n) is 5.62. The second-order valence-electron chi connectivity index (χ2n) is 3.94. The lowest BCUT2D eigenvalue weighted by atomic mass is 10.0. The number of methoxy groups -OCH3 is 1. The highest BCUT2D eigenvalue weighted by molar-refractivity contribution is 5.32. The lowest BCUT2D eigenvalue weighted by Gasteiger charge is -2.14. The topological polar surface area (TPSA) is 34.4 Å². The van der Waals surface area contributed by atoms with E-state index in [9.17, 15) is 0 Å². The Balaban J connectivity index is 2.28. The molecular formula is C14H17NO2. The molecule has 1 aromatic carbocycles. The maximum absolute atomic E-state index is 5.65. The zero-order valence-corrected chi connectivity index (χ0v) is 10.4. The smallest absolute Gasteiger partial charge is 0.125 e. The van der Waals surface area contributed by atoms with Crippen molar-refractivity contribution in [3.05, 3.63) is 53.5 Å². The van der Waals surface area contributed by atoms with Crippen LogP contribution in [0.1, 0.15) is 23.1 Å². The van der Waals surface area contributed by atoms with Crippen LogP contribution in [0.25, 0.3) is 0 Å². The highest BCUT2D eigenvalue weighted by atomic mass is 16.5. The summed E-state index contributed by atoms with van der Waals surface area (Å²) in [6.45, 7) is 1.95. The fourth-order valence-corrected chi connectivity index (χ4v) is 1.88. The minimum absolute atomic E-state index is 0.0783. The van der Waals surface area contributed by atoms with Crippen LogP contribution in [-0.2, 0) is 0 Å². The van der Waals surface area contributed by atoms with Gasteiger partial charge in [0.1, 0.15) is 17.3 Å². The average molecular weight is 231 g/mol. The average Bonchev–Trinajstić information content (AvgIpc) is 2.78. The second-order valence-corrected chi connectivity index (χ2v) is 3.94. The number of benzene rings is 1. The number of hydrogen-bond acceptors (Lipinski definition) is 3. The van der Waals surface area contributed by atoms with E-state index in [-0.39, 0.29) is 6.04 Å². The molecule has 0 radical (unpaired) electrons. The highest BCUT2D eigenvalue weighted by Gasteiger charge is 2.15. The zero-order chi connectivity index (χ0) is 12.3. The standard InChI is InChI=1S/C14H17NO2/c1-10-4-9-13(17-10)14(15-2)11-5-7-12(16-3)8-6-11/h4-9,14-15H,1-3H3. The van der Waals surface area contributed by atoms with Gasteiger partial charge in [-0.1, -0.05) is 12.1 Å². The molecule has 0 amide bonds. The molecule has 0 saturated heterocycles. The predicted octanol–water partition coefficient (Wildman–Crippen LogP) is 2.91. The number of ether oxygens (including phenoxy) is 1. The maximum atomic E-state index is 5.65. The first kappa shape index (κ1) is 11.7. The van der Waals surface area contributed by atoms with E-state index in [0.29, 0.717) is 0 Å². The molecule has 1 N–H and O–H groups in total.